The fraction of sp³-hybridized carbons (Fsp3) is 0.375. The van der Waals surface area contributed by atoms with Gasteiger partial charge in [-0.05, 0) is 12.1 Å². The Hall–Kier alpha value is -2.28. The van der Waals surface area contributed by atoms with Crippen molar-refractivity contribution in [3.05, 3.63) is 34.3 Å². The van der Waals surface area contributed by atoms with E-state index in [1.807, 2.05) is 17.5 Å². The molecule has 2 aromatic rings. The molecule has 23 heavy (non-hydrogen) atoms. The number of aromatic nitrogens is 1. The van der Waals surface area contributed by atoms with Gasteiger partial charge in [0.2, 0.25) is 0 Å². The van der Waals surface area contributed by atoms with E-state index in [-0.39, 0.29) is 0 Å². The van der Waals surface area contributed by atoms with Gasteiger partial charge in [0.15, 0.2) is 17.5 Å². The molecule has 1 heterocycles. The van der Waals surface area contributed by atoms with Crippen molar-refractivity contribution in [2.45, 2.75) is 26.3 Å². The standard InChI is InChI=1S/C16H22N4O2S/c1-10(2)15-19-12(9-23-15)8-18-16(17)20-11-5-6-13(21-3)14(7-11)22-4/h5-7,9-10H,8H2,1-4H3,(H3,17,18,20). The molecule has 1 aromatic heterocycles. The third-order valence-corrected chi connectivity index (χ3v) is 4.32. The first-order valence-corrected chi connectivity index (χ1v) is 8.14. The average Bonchev–Trinajstić information content (AvgIpc) is 3.02. The van der Waals surface area contributed by atoms with Crippen LogP contribution >= 0.6 is 11.3 Å². The van der Waals surface area contributed by atoms with Crippen molar-refractivity contribution in [1.29, 1.82) is 0 Å². The first-order chi connectivity index (χ1) is 11.0. The monoisotopic (exact) mass is 334 g/mol. The number of nitrogens with zero attached hydrogens (tertiary/aromatic N) is 2. The van der Waals surface area contributed by atoms with Crippen LogP contribution in [0.2, 0.25) is 0 Å². The zero-order valence-electron chi connectivity index (χ0n) is 13.8. The predicted molar refractivity (Wildman–Crippen MR) is 94.7 cm³/mol. The fourth-order valence-corrected chi connectivity index (χ4v) is 2.75. The van der Waals surface area contributed by atoms with Gasteiger partial charge in [-0.1, -0.05) is 13.8 Å². The highest BCUT2D eigenvalue weighted by Crippen LogP contribution is 2.29. The number of anilines is 1. The molecule has 0 bridgehead atoms. The second-order valence-electron chi connectivity index (χ2n) is 5.23. The van der Waals surface area contributed by atoms with E-state index in [1.165, 1.54) is 0 Å². The Balaban J connectivity index is 2.01. The van der Waals surface area contributed by atoms with Crippen LogP contribution in [-0.4, -0.2) is 25.2 Å². The quantitative estimate of drug-likeness (QED) is 0.626. The molecule has 3 N–H and O–H groups in total. The lowest BCUT2D eigenvalue weighted by Crippen LogP contribution is -2.22. The second kappa shape index (κ2) is 7.82. The van der Waals surface area contributed by atoms with Gasteiger partial charge in [-0.2, -0.15) is 0 Å². The summed E-state index contributed by atoms with van der Waals surface area (Å²) in [6, 6.07) is 5.47. The summed E-state index contributed by atoms with van der Waals surface area (Å²) >= 11 is 1.65. The lowest BCUT2D eigenvalue weighted by atomic mass is 10.2. The molecule has 0 aliphatic carbocycles. The van der Waals surface area contributed by atoms with Gasteiger partial charge in [0.25, 0.3) is 0 Å². The van der Waals surface area contributed by atoms with E-state index < -0.39 is 0 Å². The molecule has 7 heteroatoms. The van der Waals surface area contributed by atoms with Crippen molar-refractivity contribution in [2.24, 2.45) is 10.7 Å². The normalized spacial score (nSPS) is 11.6. The molecular formula is C16H22N4O2S. The van der Waals surface area contributed by atoms with E-state index in [0.29, 0.717) is 29.9 Å². The molecule has 0 saturated heterocycles. The van der Waals surface area contributed by atoms with E-state index in [4.69, 9.17) is 15.2 Å². The Morgan fingerprint density at radius 3 is 2.65 bits per heavy atom. The third-order valence-electron chi connectivity index (χ3n) is 3.13. The number of benzene rings is 1. The second-order valence-corrected chi connectivity index (χ2v) is 6.12. The van der Waals surface area contributed by atoms with Gasteiger partial charge < -0.3 is 20.5 Å². The Labute approximate surface area is 140 Å². The summed E-state index contributed by atoms with van der Waals surface area (Å²) in [5, 5.41) is 6.16. The van der Waals surface area contributed by atoms with Crippen molar-refractivity contribution >= 4 is 23.0 Å². The summed E-state index contributed by atoms with van der Waals surface area (Å²) < 4.78 is 10.5. The summed E-state index contributed by atoms with van der Waals surface area (Å²) in [6.07, 6.45) is 0. The van der Waals surface area contributed by atoms with Gasteiger partial charge in [0.1, 0.15) is 0 Å². The van der Waals surface area contributed by atoms with Crippen molar-refractivity contribution in [2.75, 3.05) is 19.5 Å². The molecule has 0 spiro atoms. The minimum Gasteiger partial charge on any atom is -0.493 e. The minimum absolute atomic E-state index is 0.330. The van der Waals surface area contributed by atoms with E-state index >= 15 is 0 Å². The van der Waals surface area contributed by atoms with E-state index in [0.717, 1.165) is 16.4 Å². The fourth-order valence-electron chi connectivity index (χ4n) is 1.93. The van der Waals surface area contributed by atoms with Crippen LogP contribution in [0.5, 0.6) is 11.5 Å². The molecule has 0 aliphatic rings. The Morgan fingerprint density at radius 2 is 2.04 bits per heavy atom. The number of methoxy groups -OCH3 is 2. The van der Waals surface area contributed by atoms with Crippen LogP contribution in [0.4, 0.5) is 5.69 Å². The molecule has 124 valence electrons. The number of rotatable bonds is 6. The van der Waals surface area contributed by atoms with E-state index in [2.05, 4.69) is 29.1 Å². The Kier molecular flexibility index (Phi) is 5.81. The zero-order chi connectivity index (χ0) is 16.8. The van der Waals surface area contributed by atoms with Crippen LogP contribution in [0.1, 0.15) is 30.5 Å². The first kappa shape index (κ1) is 17.1. The average molecular weight is 334 g/mol. The number of hydrogen-bond donors (Lipinski definition) is 2. The Bertz CT molecular complexity index is 682. The topological polar surface area (TPSA) is 81.8 Å². The number of aliphatic imine (C=N–C) groups is 1. The van der Waals surface area contributed by atoms with Gasteiger partial charge in [-0.3, -0.25) is 0 Å². The zero-order valence-corrected chi connectivity index (χ0v) is 14.6. The molecular weight excluding hydrogens is 312 g/mol. The number of nitrogens with one attached hydrogen (secondary N) is 1. The number of guanidine groups is 1. The number of ether oxygens (including phenoxy) is 2. The van der Waals surface area contributed by atoms with Crippen LogP contribution in [0.25, 0.3) is 0 Å². The molecule has 0 atom stereocenters. The summed E-state index contributed by atoms with van der Waals surface area (Å²) in [5.74, 6) is 2.06. The Morgan fingerprint density at radius 1 is 1.30 bits per heavy atom. The maximum atomic E-state index is 5.92. The highest BCUT2D eigenvalue weighted by atomic mass is 32.1. The third kappa shape index (κ3) is 4.59. The largest absolute Gasteiger partial charge is 0.493 e. The van der Waals surface area contributed by atoms with E-state index in [1.54, 1.807) is 31.6 Å². The summed E-state index contributed by atoms with van der Waals surface area (Å²) in [4.78, 5) is 8.85. The lowest BCUT2D eigenvalue weighted by molar-refractivity contribution is 0.355. The van der Waals surface area contributed by atoms with Crippen LogP contribution in [0, 0.1) is 0 Å². The van der Waals surface area contributed by atoms with Crippen molar-refractivity contribution in [3.8, 4) is 11.5 Å². The van der Waals surface area contributed by atoms with E-state index in [9.17, 15) is 0 Å². The van der Waals surface area contributed by atoms with Crippen molar-refractivity contribution in [1.82, 2.24) is 4.98 Å². The van der Waals surface area contributed by atoms with Crippen LogP contribution < -0.4 is 20.5 Å². The SMILES string of the molecule is COc1ccc(NC(N)=NCc2csc(C(C)C)n2)cc1OC. The molecule has 0 aliphatic heterocycles. The van der Waals surface area contributed by atoms with Gasteiger partial charge in [0, 0.05) is 23.1 Å². The molecule has 0 unspecified atom stereocenters. The predicted octanol–water partition coefficient (Wildman–Crippen LogP) is 3.21. The molecule has 6 nitrogen and oxygen atoms in total. The minimum atomic E-state index is 0.330. The van der Waals surface area contributed by atoms with Crippen LogP contribution in [0.15, 0.2) is 28.6 Å². The molecule has 0 fully saturated rings. The maximum absolute atomic E-state index is 5.92. The highest BCUT2D eigenvalue weighted by molar-refractivity contribution is 7.09. The van der Waals surface area contributed by atoms with Crippen LogP contribution in [-0.2, 0) is 6.54 Å². The molecule has 0 radical (unpaired) electrons. The maximum Gasteiger partial charge on any atom is 0.193 e. The smallest absolute Gasteiger partial charge is 0.193 e. The summed E-state index contributed by atoms with van der Waals surface area (Å²) in [6.45, 7) is 4.70. The van der Waals surface area contributed by atoms with Gasteiger partial charge >= 0.3 is 0 Å². The van der Waals surface area contributed by atoms with Gasteiger partial charge in [-0.25, -0.2) is 9.98 Å². The van der Waals surface area contributed by atoms with Gasteiger partial charge in [0.05, 0.1) is 31.5 Å². The van der Waals surface area contributed by atoms with Crippen molar-refractivity contribution < 1.29 is 9.47 Å². The number of nitrogens with two attached hydrogens (primary N) is 1. The van der Waals surface area contributed by atoms with Gasteiger partial charge in [-0.15, -0.1) is 11.3 Å². The summed E-state index contributed by atoms with van der Waals surface area (Å²) in [7, 11) is 3.19. The summed E-state index contributed by atoms with van der Waals surface area (Å²) in [5.41, 5.74) is 7.63. The lowest BCUT2D eigenvalue weighted by Gasteiger charge is -2.10. The molecule has 2 rings (SSSR count). The van der Waals surface area contributed by atoms with Crippen LogP contribution in [0.3, 0.4) is 0 Å². The molecule has 1 aromatic carbocycles. The number of thiazole rings is 1. The van der Waals surface area contributed by atoms with Crippen molar-refractivity contribution in [3.63, 3.8) is 0 Å². The first-order valence-electron chi connectivity index (χ1n) is 7.26. The molecule has 0 amide bonds. The molecule has 0 saturated carbocycles. The number of hydrogen-bond acceptors (Lipinski definition) is 5. The highest BCUT2D eigenvalue weighted by Gasteiger charge is 2.07.